The molecular formula is C28H34N3O+. The maximum atomic E-state index is 6.39. The number of hydrogen-bond donors (Lipinski definition) is 0. The number of oxazole rings is 1. The zero-order valence-corrected chi connectivity index (χ0v) is 19.4. The third-order valence-electron chi connectivity index (χ3n) is 7.95. The summed E-state index contributed by atoms with van der Waals surface area (Å²) < 4.78 is 11.4. The first-order chi connectivity index (χ1) is 15.7. The van der Waals surface area contributed by atoms with Gasteiger partial charge in [0.15, 0.2) is 22.5 Å². The van der Waals surface area contributed by atoms with Crippen LogP contribution in [0.1, 0.15) is 87.6 Å². The molecule has 0 radical (unpaired) electrons. The summed E-state index contributed by atoms with van der Waals surface area (Å²) in [6.45, 7) is 2.23. The second kappa shape index (κ2) is 8.06. The molecule has 2 aromatic carbocycles. The fraction of sp³-hybridized carbons (Fsp3) is 0.500. The van der Waals surface area contributed by atoms with Crippen molar-refractivity contribution >= 4 is 22.1 Å². The van der Waals surface area contributed by atoms with Gasteiger partial charge >= 0.3 is 0 Å². The first-order valence-corrected chi connectivity index (χ1v) is 12.6. The fourth-order valence-electron chi connectivity index (χ4n) is 6.26. The molecule has 2 heterocycles. The van der Waals surface area contributed by atoms with Gasteiger partial charge in [0.1, 0.15) is 11.6 Å². The van der Waals surface area contributed by atoms with Crippen molar-refractivity contribution in [2.75, 3.05) is 0 Å². The molecule has 2 aliphatic carbocycles. The van der Waals surface area contributed by atoms with Crippen LogP contribution in [0.15, 0.2) is 40.8 Å². The zero-order chi connectivity index (χ0) is 21.7. The van der Waals surface area contributed by atoms with Crippen LogP contribution in [0, 0.1) is 6.92 Å². The van der Waals surface area contributed by atoms with E-state index in [0.717, 1.165) is 17.0 Å². The Morgan fingerprint density at radius 2 is 1.62 bits per heavy atom. The van der Waals surface area contributed by atoms with Crippen molar-refractivity contribution in [3.63, 3.8) is 0 Å². The minimum atomic E-state index is 0.474. The van der Waals surface area contributed by atoms with Crippen LogP contribution in [0.25, 0.3) is 33.5 Å². The van der Waals surface area contributed by atoms with Crippen molar-refractivity contribution in [2.24, 2.45) is 7.05 Å². The Morgan fingerprint density at radius 3 is 2.41 bits per heavy atom. The third-order valence-corrected chi connectivity index (χ3v) is 7.95. The predicted molar refractivity (Wildman–Crippen MR) is 129 cm³/mol. The Labute approximate surface area is 190 Å². The summed E-state index contributed by atoms with van der Waals surface area (Å²) in [5, 5.41) is 0. The van der Waals surface area contributed by atoms with E-state index in [-0.39, 0.29) is 0 Å². The van der Waals surface area contributed by atoms with Gasteiger partial charge in [0.05, 0.1) is 12.6 Å². The highest BCUT2D eigenvalue weighted by molar-refractivity contribution is 5.92. The third kappa shape index (κ3) is 3.18. The van der Waals surface area contributed by atoms with Crippen molar-refractivity contribution in [1.29, 1.82) is 0 Å². The van der Waals surface area contributed by atoms with Gasteiger partial charge in [-0.25, -0.2) is 14.1 Å². The molecule has 2 saturated carbocycles. The maximum absolute atomic E-state index is 6.39. The van der Waals surface area contributed by atoms with Crippen LogP contribution in [-0.2, 0) is 7.05 Å². The Morgan fingerprint density at radius 1 is 0.906 bits per heavy atom. The molecule has 166 valence electrons. The number of aromatic nitrogens is 3. The number of rotatable bonds is 3. The van der Waals surface area contributed by atoms with E-state index in [4.69, 9.17) is 9.40 Å². The molecule has 0 N–H and O–H groups in total. The highest BCUT2D eigenvalue weighted by Crippen LogP contribution is 2.40. The first-order valence-electron chi connectivity index (χ1n) is 12.6. The van der Waals surface area contributed by atoms with Gasteiger partial charge in [-0.3, -0.25) is 0 Å². The molecule has 6 rings (SSSR count). The standard InChI is InChI=1S/C28H34N3O/c1-19-17-18-24-26(29-27(32-24)20-11-5-3-6-12-20)25(19)28-30(2)22-15-9-10-16-23(22)31(28)21-13-7-4-8-14-21/h9-10,15-18,20-21H,3-8,11-14H2,1-2H3/q+1. The summed E-state index contributed by atoms with van der Waals surface area (Å²) in [7, 11) is 2.22. The van der Waals surface area contributed by atoms with Crippen LogP contribution in [0.2, 0.25) is 0 Å². The molecule has 0 aliphatic heterocycles. The molecule has 4 nitrogen and oxygen atoms in total. The van der Waals surface area contributed by atoms with Gasteiger partial charge in [0.2, 0.25) is 0 Å². The molecule has 0 saturated heterocycles. The van der Waals surface area contributed by atoms with E-state index in [0.29, 0.717) is 12.0 Å². The van der Waals surface area contributed by atoms with Crippen LogP contribution >= 0.6 is 0 Å². The van der Waals surface area contributed by atoms with Gasteiger partial charge in [-0.15, -0.1) is 0 Å². The molecular weight excluding hydrogens is 394 g/mol. The van der Waals surface area contributed by atoms with E-state index in [9.17, 15) is 0 Å². The largest absolute Gasteiger partial charge is 0.440 e. The van der Waals surface area contributed by atoms with Crippen LogP contribution in [-0.4, -0.2) is 9.55 Å². The monoisotopic (exact) mass is 428 g/mol. The molecule has 0 bridgehead atoms. The first kappa shape index (κ1) is 20.0. The van der Waals surface area contributed by atoms with Gasteiger partial charge in [0.25, 0.3) is 5.82 Å². The van der Waals surface area contributed by atoms with Crippen molar-refractivity contribution < 1.29 is 8.98 Å². The van der Waals surface area contributed by atoms with Crippen LogP contribution < -0.4 is 4.57 Å². The SMILES string of the molecule is Cc1ccc2oc(C3CCCCC3)nc2c1-c1n(C2CCCCC2)c2ccccc2[n+]1C. The quantitative estimate of drug-likeness (QED) is 0.325. The molecule has 0 amide bonds. The molecule has 2 fully saturated rings. The summed E-state index contributed by atoms with van der Waals surface area (Å²) >= 11 is 0. The smallest absolute Gasteiger partial charge is 0.292 e. The van der Waals surface area contributed by atoms with Crippen molar-refractivity contribution in [3.05, 3.63) is 47.9 Å². The maximum Gasteiger partial charge on any atom is 0.292 e. The van der Waals surface area contributed by atoms with Gasteiger partial charge in [-0.05, 0) is 69.2 Å². The summed E-state index contributed by atoms with van der Waals surface area (Å²) in [5.74, 6) is 2.71. The number of aryl methyl sites for hydroxylation is 2. The number of benzene rings is 2. The summed E-state index contributed by atoms with van der Waals surface area (Å²) in [4.78, 5) is 5.18. The zero-order valence-electron chi connectivity index (χ0n) is 19.4. The van der Waals surface area contributed by atoms with E-state index < -0.39 is 0 Å². The van der Waals surface area contributed by atoms with E-state index in [1.165, 1.54) is 92.2 Å². The second-order valence-corrected chi connectivity index (χ2v) is 10.0. The van der Waals surface area contributed by atoms with E-state index in [1.807, 2.05) is 0 Å². The minimum absolute atomic E-state index is 0.474. The van der Waals surface area contributed by atoms with E-state index in [2.05, 4.69) is 59.5 Å². The molecule has 4 aromatic rings. The molecule has 0 spiro atoms. The van der Waals surface area contributed by atoms with Crippen molar-refractivity contribution in [1.82, 2.24) is 9.55 Å². The van der Waals surface area contributed by atoms with E-state index in [1.54, 1.807) is 0 Å². The topological polar surface area (TPSA) is 34.8 Å². The highest BCUT2D eigenvalue weighted by atomic mass is 16.3. The Kier molecular flexibility index (Phi) is 5.04. The lowest BCUT2D eigenvalue weighted by molar-refractivity contribution is -0.634. The minimum Gasteiger partial charge on any atom is -0.440 e. The highest BCUT2D eigenvalue weighted by Gasteiger charge is 2.34. The molecule has 4 heteroatoms. The fourth-order valence-corrected chi connectivity index (χ4v) is 6.26. The number of hydrogen-bond acceptors (Lipinski definition) is 2. The lowest BCUT2D eigenvalue weighted by Crippen LogP contribution is -2.31. The summed E-state index contributed by atoms with van der Waals surface area (Å²) in [6.07, 6.45) is 12.9. The number of imidazole rings is 1. The van der Waals surface area contributed by atoms with Crippen LogP contribution in [0.3, 0.4) is 0 Å². The average molecular weight is 429 g/mol. The van der Waals surface area contributed by atoms with Crippen LogP contribution in [0.4, 0.5) is 0 Å². The van der Waals surface area contributed by atoms with Crippen molar-refractivity contribution in [2.45, 2.75) is 83.1 Å². The second-order valence-electron chi connectivity index (χ2n) is 10.0. The molecule has 2 aliphatic rings. The Bertz CT molecular complexity index is 1270. The van der Waals surface area contributed by atoms with E-state index >= 15 is 0 Å². The normalized spacial score (nSPS) is 18.7. The number of para-hydroxylation sites is 2. The predicted octanol–water partition coefficient (Wildman–Crippen LogP) is 7.14. The van der Waals surface area contributed by atoms with Gasteiger partial charge in [-0.2, -0.15) is 0 Å². The number of nitrogens with zero attached hydrogens (tertiary/aromatic N) is 3. The molecule has 2 aromatic heterocycles. The van der Waals surface area contributed by atoms with Crippen molar-refractivity contribution in [3.8, 4) is 11.4 Å². The molecule has 0 atom stereocenters. The lowest BCUT2D eigenvalue weighted by atomic mass is 9.89. The number of fused-ring (bicyclic) bond motifs is 2. The average Bonchev–Trinajstić information content (AvgIpc) is 3.40. The Balaban J connectivity index is 1.60. The van der Waals surface area contributed by atoms with Crippen LogP contribution in [0.5, 0.6) is 0 Å². The molecule has 0 unspecified atom stereocenters. The lowest BCUT2D eigenvalue weighted by Gasteiger charge is -2.21. The summed E-state index contributed by atoms with van der Waals surface area (Å²) in [5.41, 5.74) is 7.13. The van der Waals surface area contributed by atoms with Gasteiger partial charge in [0, 0.05) is 5.92 Å². The molecule has 32 heavy (non-hydrogen) atoms. The summed E-state index contributed by atoms with van der Waals surface area (Å²) in [6, 6.07) is 13.8. The Hall–Kier alpha value is -2.62. The van der Waals surface area contributed by atoms with Gasteiger partial charge in [-0.1, -0.05) is 43.9 Å². The van der Waals surface area contributed by atoms with Gasteiger partial charge < -0.3 is 4.42 Å².